The van der Waals surface area contributed by atoms with E-state index < -0.39 is 0 Å². The van der Waals surface area contributed by atoms with Crippen molar-refractivity contribution in [2.24, 2.45) is 11.8 Å². The fourth-order valence-electron chi connectivity index (χ4n) is 3.42. The first-order valence-electron chi connectivity index (χ1n) is 7.66. The van der Waals surface area contributed by atoms with Gasteiger partial charge in [-0.05, 0) is 71.0 Å². The van der Waals surface area contributed by atoms with Crippen LogP contribution in [0.1, 0.15) is 52.4 Å². The monoisotopic (exact) mass is 238 g/mol. The molecular weight excluding hydrogens is 208 g/mol. The van der Waals surface area contributed by atoms with Crippen molar-refractivity contribution in [3.63, 3.8) is 0 Å². The van der Waals surface area contributed by atoms with E-state index in [-0.39, 0.29) is 0 Å². The van der Waals surface area contributed by atoms with Crippen molar-refractivity contribution >= 4 is 0 Å². The second-order valence-corrected chi connectivity index (χ2v) is 6.20. The van der Waals surface area contributed by atoms with E-state index in [0.29, 0.717) is 0 Å². The van der Waals surface area contributed by atoms with Crippen LogP contribution in [-0.4, -0.2) is 37.1 Å². The Morgan fingerprint density at radius 2 is 2.00 bits per heavy atom. The largest absolute Gasteiger partial charge is 0.314 e. The summed E-state index contributed by atoms with van der Waals surface area (Å²) >= 11 is 0. The first kappa shape index (κ1) is 13.4. The van der Waals surface area contributed by atoms with Gasteiger partial charge in [-0.1, -0.05) is 13.3 Å². The fraction of sp³-hybridized carbons (Fsp3) is 1.00. The van der Waals surface area contributed by atoms with Crippen molar-refractivity contribution in [1.29, 1.82) is 0 Å². The molecule has 0 aromatic rings. The maximum absolute atomic E-state index is 3.66. The summed E-state index contributed by atoms with van der Waals surface area (Å²) in [6.07, 6.45) is 8.61. The van der Waals surface area contributed by atoms with Crippen LogP contribution in [0.25, 0.3) is 0 Å². The molecule has 0 amide bonds. The van der Waals surface area contributed by atoms with Gasteiger partial charge < -0.3 is 10.2 Å². The molecule has 2 aliphatic rings. The van der Waals surface area contributed by atoms with Crippen LogP contribution in [0.15, 0.2) is 0 Å². The van der Waals surface area contributed by atoms with Gasteiger partial charge in [0.25, 0.3) is 0 Å². The molecule has 0 saturated heterocycles. The highest BCUT2D eigenvalue weighted by atomic mass is 15.1. The molecule has 0 bridgehead atoms. The second-order valence-electron chi connectivity index (χ2n) is 6.20. The Labute approximate surface area is 107 Å². The van der Waals surface area contributed by atoms with Crippen LogP contribution in [0, 0.1) is 11.8 Å². The van der Waals surface area contributed by atoms with Crippen molar-refractivity contribution in [3.8, 4) is 0 Å². The summed E-state index contributed by atoms with van der Waals surface area (Å²) in [5.41, 5.74) is 0. The summed E-state index contributed by atoms with van der Waals surface area (Å²) in [6, 6.07) is 1.62. The maximum atomic E-state index is 3.66. The summed E-state index contributed by atoms with van der Waals surface area (Å²) in [7, 11) is 2.32. The molecule has 2 nitrogen and oxygen atoms in total. The molecular formula is C15H30N2. The van der Waals surface area contributed by atoms with E-state index >= 15 is 0 Å². The first-order chi connectivity index (χ1) is 8.22. The lowest BCUT2D eigenvalue weighted by molar-refractivity contribution is 0.211. The number of hydrogen-bond acceptors (Lipinski definition) is 2. The number of hydrogen-bond donors (Lipinski definition) is 1. The van der Waals surface area contributed by atoms with Gasteiger partial charge in [0, 0.05) is 12.1 Å². The molecule has 3 atom stereocenters. The predicted molar refractivity (Wildman–Crippen MR) is 74.2 cm³/mol. The van der Waals surface area contributed by atoms with E-state index in [0.717, 1.165) is 30.5 Å². The molecule has 2 rings (SSSR count). The zero-order valence-corrected chi connectivity index (χ0v) is 11.9. The Hall–Kier alpha value is -0.0800. The van der Waals surface area contributed by atoms with Gasteiger partial charge in [0.1, 0.15) is 0 Å². The molecule has 2 fully saturated rings. The van der Waals surface area contributed by atoms with Crippen LogP contribution in [-0.2, 0) is 0 Å². The van der Waals surface area contributed by atoms with Gasteiger partial charge in [-0.2, -0.15) is 0 Å². The highest BCUT2D eigenvalue weighted by Crippen LogP contribution is 2.35. The molecule has 3 unspecified atom stereocenters. The summed E-state index contributed by atoms with van der Waals surface area (Å²) in [5, 5.41) is 3.66. The van der Waals surface area contributed by atoms with E-state index in [2.05, 4.69) is 31.1 Å². The van der Waals surface area contributed by atoms with Gasteiger partial charge in [0.15, 0.2) is 0 Å². The topological polar surface area (TPSA) is 15.3 Å². The lowest BCUT2D eigenvalue weighted by Crippen LogP contribution is -2.36. The van der Waals surface area contributed by atoms with Crippen LogP contribution < -0.4 is 5.32 Å². The minimum Gasteiger partial charge on any atom is -0.314 e. The minimum absolute atomic E-state index is 0.810. The average Bonchev–Trinajstić information content (AvgIpc) is 3.08. The normalized spacial score (nSPS) is 31.1. The Morgan fingerprint density at radius 1 is 1.24 bits per heavy atom. The second kappa shape index (κ2) is 6.19. The number of nitrogens with one attached hydrogen (secondary N) is 1. The fourth-order valence-corrected chi connectivity index (χ4v) is 3.42. The van der Waals surface area contributed by atoms with E-state index in [1.54, 1.807) is 0 Å². The van der Waals surface area contributed by atoms with Gasteiger partial charge in [-0.3, -0.25) is 0 Å². The van der Waals surface area contributed by atoms with Crippen molar-refractivity contribution in [2.45, 2.75) is 64.5 Å². The highest BCUT2D eigenvalue weighted by Gasteiger charge is 2.31. The Balaban J connectivity index is 1.69. The van der Waals surface area contributed by atoms with Crippen LogP contribution in [0.4, 0.5) is 0 Å². The Kier molecular flexibility index (Phi) is 4.87. The molecule has 17 heavy (non-hydrogen) atoms. The zero-order valence-electron chi connectivity index (χ0n) is 11.9. The molecule has 2 aliphatic carbocycles. The van der Waals surface area contributed by atoms with E-state index in [4.69, 9.17) is 0 Å². The lowest BCUT2D eigenvalue weighted by Gasteiger charge is -2.27. The molecule has 0 aliphatic heterocycles. The third kappa shape index (κ3) is 3.69. The van der Waals surface area contributed by atoms with Crippen LogP contribution >= 0.6 is 0 Å². The van der Waals surface area contributed by atoms with Crippen molar-refractivity contribution in [3.05, 3.63) is 0 Å². The highest BCUT2D eigenvalue weighted by molar-refractivity contribution is 4.86. The maximum Gasteiger partial charge on any atom is 0.00956 e. The predicted octanol–water partition coefficient (Wildman–Crippen LogP) is 2.89. The quantitative estimate of drug-likeness (QED) is 0.733. The van der Waals surface area contributed by atoms with Crippen molar-refractivity contribution < 1.29 is 0 Å². The number of nitrogens with zero attached hydrogens (tertiary/aromatic N) is 1. The standard InChI is InChI=1S/C15H30N2/c1-4-16-15-7-5-6-14(15)10-11-17(3)12(2)13-8-9-13/h12-16H,4-11H2,1-3H3. The number of rotatable bonds is 7. The third-order valence-corrected chi connectivity index (χ3v) is 4.98. The van der Waals surface area contributed by atoms with Gasteiger partial charge >= 0.3 is 0 Å². The van der Waals surface area contributed by atoms with E-state index in [1.807, 2.05) is 0 Å². The molecule has 100 valence electrons. The van der Waals surface area contributed by atoms with Gasteiger partial charge in [0.2, 0.25) is 0 Å². The lowest BCUT2D eigenvalue weighted by atomic mass is 9.98. The SMILES string of the molecule is CCNC1CCCC1CCN(C)C(C)C1CC1. The van der Waals surface area contributed by atoms with Crippen LogP contribution in [0.2, 0.25) is 0 Å². The molecule has 2 heteroatoms. The molecule has 2 saturated carbocycles. The minimum atomic E-state index is 0.810. The summed E-state index contributed by atoms with van der Waals surface area (Å²) < 4.78 is 0. The van der Waals surface area contributed by atoms with Crippen LogP contribution in [0.5, 0.6) is 0 Å². The van der Waals surface area contributed by atoms with E-state index in [1.165, 1.54) is 45.1 Å². The smallest absolute Gasteiger partial charge is 0.00956 e. The third-order valence-electron chi connectivity index (χ3n) is 4.98. The zero-order chi connectivity index (χ0) is 12.3. The Bertz CT molecular complexity index is 225. The van der Waals surface area contributed by atoms with Gasteiger partial charge in [-0.15, -0.1) is 0 Å². The molecule has 1 N–H and O–H groups in total. The first-order valence-corrected chi connectivity index (χ1v) is 7.66. The summed E-state index contributed by atoms with van der Waals surface area (Å²) in [5.74, 6) is 1.94. The van der Waals surface area contributed by atoms with Gasteiger partial charge in [0.05, 0.1) is 0 Å². The van der Waals surface area contributed by atoms with E-state index in [9.17, 15) is 0 Å². The average molecular weight is 238 g/mol. The molecule has 0 heterocycles. The van der Waals surface area contributed by atoms with Crippen LogP contribution in [0.3, 0.4) is 0 Å². The Morgan fingerprint density at radius 3 is 2.65 bits per heavy atom. The molecule has 0 aromatic carbocycles. The molecule has 0 spiro atoms. The molecule has 0 aromatic heterocycles. The molecule has 0 radical (unpaired) electrons. The van der Waals surface area contributed by atoms with Gasteiger partial charge in [-0.25, -0.2) is 0 Å². The van der Waals surface area contributed by atoms with Crippen molar-refractivity contribution in [1.82, 2.24) is 10.2 Å². The summed E-state index contributed by atoms with van der Waals surface area (Å²) in [4.78, 5) is 2.60. The van der Waals surface area contributed by atoms with Crippen molar-refractivity contribution in [2.75, 3.05) is 20.1 Å². The summed E-state index contributed by atoms with van der Waals surface area (Å²) in [6.45, 7) is 7.07.